The van der Waals surface area contributed by atoms with Crippen molar-refractivity contribution in [3.05, 3.63) is 52.4 Å². The molecule has 0 aliphatic carbocycles. The minimum atomic E-state index is -0.420. The van der Waals surface area contributed by atoms with Crippen LogP contribution in [0.1, 0.15) is 54.6 Å². The zero-order valence-corrected chi connectivity index (χ0v) is 19.9. The number of methoxy groups -OCH3 is 1. The Labute approximate surface area is 194 Å². The van der Waals surface area contributed by atoms with Crippen molar-refractivity contribution in [2.24, 2.45) is 11.8 Å². The maximum atomic E-state index is 12.9. The molecule has 1 saturated heterocycles. The van der Waals surface area contributed by atoms with Gasteiger partial charge in [0.05, 0.1) is 12.7 Å². The molecule has 1 aliphatic heterocycles. The van der Waals surface area contributed by atoms with E-state index in [1.165, 1.54) is 18.4 Å². The van der Waals surface area contributed by atoms with Crippen LogP contribution in [0.5, 0.6) is 0 Å². The van der Waals surface area contributed by atoms with Crippen molar-refractivity contribution in [1.29, 1.82) is 0 Å². The number of carbonyl (C=O) groups is 3. The molecule has 3 rings (SSSR count). The first-order chi connectivity index (χ1) is 15.4. The summed E-state index contributed by atoms with van der Waals surface area (Å²) < 4.78 is 4.95. The quantitative estimate of drug-likeness (QED) is 0.592. The first kappa shape index (κ1) is 24.0. The van der Waals surface area contributed by atoms with Gasteiger partial charge >= 0.3 is 5.97 Å². The summed E-state index contributed by atoms with van der Waals surface area (Å²) in [7, 11) is 1.36. The van der Waals surface area contributed by atoms with Gasteiger partial charge in [-0.1, -0.05) is 44.2 Å². The largest absolute Gasteiger partial charge is 0.465 e. The third kappa shape index (κ3) is 6.19. The SMILES string of the molecule is COC(=O)c1c(CC(C)C)csc1NC(=O)C1CCN(C(=O)CCc2ccccc2)CC1. The highest BCUT2D eigenvalue weighted by Gasteiger charge is 2.29. The number of ether oxygens (including phenoxy) is 1. The third-order valence-corrected chi connectivity index (χ3v) is 6.75. The molecule has 2 heterocycles. The first-order valence-electron chi connectivity index (χ1n) is 11.2. The zero-order chi connectivity index (χ0) is 23.1. The smallest absolute Gasteiger partial charge is 0.341 e. The number of piperidine rings is 1. The summed E-state index contributed by atoms with van der Waals surface area (Å²) in [5.74, 6) is -0.160. The van der Waals surface area contributed by atoms with Crippen LogP contribution in [-0.2, 0) is 27.2 Å². The Hall–Kier alpha value is -2.67. The predicted octanol–water partition coefficient (Wildman–Crippen LogP) is 4.54. The normalized spacial score (nSPS) is 14.4. The van der Waals surface area contributed by atoms with Crippen LogP contribution in [-0.4, -0.2) is 42.9 Å². The molecule has 1 aromatic heterocycles. The summed E-state index contributed by atoms with van der Waals surface area (Å²) in [5.41, 5.74) is 2.53. The number of hydrogen-bond acceptors (Lipinski definition) is 5. The number of esters is 1. The van der Waals surface area contributed by atoms with Crippen LogP contribution in [0.15, 0.2) is 35.7 Å². The van der Waals surface area contributed by atoms with Gasteiger partial charge < -0.3 is 15.0 Å². The number of nitrogens with zero attached hydrogens (tertiary/aromatic N) is 1. The van der Waals surface area contributed by atoms with Crippen molar-refractivity contribution in [1.82, 2.24) is 4.90 Å². The van der Waals surface area contributed by atoms with Gasteiger partial charge in [-0.3, -0.25) is 9.59 Å². The van der Waals surface area contributed by atoms with Crippen LogP contribution in [0.2, 0.25) is 0 Å². The average Bonchev–Trinajstić information content (AvgIpc) is 3.18. The molecule has 1 N–H and O–H groups in total. The predicted molar refractivity (Wildman–Crippen MR) is 127 cm³/mol. The molecule has 0 radical (unpaired) electrons. The summed E-state index contributed by atoms with van der Waals surface area (Å²) in [6, 6.07) is 9.99. The maximum Gasteiger partial charge on any atom is 0.341 e. The van der Waals surface area contributed by atoms with Gasteiger partial charge in [-0.05, 0) is 48.1 Å². The Morgan fingerprint density at radius 3 is 2.47 bits per heavy atom. The number of likely N-dealkylation sites (tertiary alicyclic amines) is 1. The molecule has 2 aromatic rings. The van der Waals surface area contributed by atoms with Crippen LogP contribution >= 0.6 is 11.3 Å². The molecular weight excluding hydrogens is 424 g/mol. The first-order valence-corrected chi connectivity index (χ1v) is 12.1. The summed E-state index contributed by atoms with van der Waals surface area (Å²) in [6.07, 6.45) is 3.21. The minimum Gasteiger partial charge on any atom is -0.465 e. The molecule has 1 aromatic carbocycles. The Balaban J connectivity index is 1.54. The summed E-state index contributed by atoms with van der Waals surface area (Å²) in [6.45, 7) is 5.34. The number of carbonyl (C=O) groups excluding carboxylic acids is 3. The fourth-order valence-corrected chi connectivity index (χ4v) is 5.03. The molecule has 172 valence electrons. The molecule has 7 heteroatoms. The van der Waals surface area contributed by atoms with E-state index < -0.39 is 5.97 Å². The molecule has 1 fully saturated rings. The van der Waals surface area contributed by atoms with E-state index in [0.29, 0.717) is 48.8 Å². The lowest BCUT2D eigenvalue weighted by molar-refractivity contribution is -0.134. The van der Waals surface area contributed by atoms with Crippen LogP contribution < -0.4 is 5.32 Å². The number of nitrogens with one attached hydrogen (secondary N) is 1. The zero-order valence-electron chi connectivity index (χ0n) is 19.1. The Bertz CT molecular complexity index is 931. The van der Waals surface area contributed by atoms with Crippen molar-refractivity contribution >= 4 is 34.1 Å². The number of amides is 2. The standard InChI is InChI=1S/C25H32N2O4S/c1-17(2)15-20-16-32-24(22(20)25(30)31-3)26-23(29)19-11-13-27(14-12-19)21(28)10-9-18-7-5-4-6-8-18/h4-8,16-17,19H,9-15H2,1-3H3,(H,26,29). The van der Waals surface area contributed by atoms with E-state index in [1.54, 1.807) is 0 Å². The number of benzene rings is 1. The maximum absolute atomic E-state index is 12.9. The average molecular weight is 457 g/mol. The van der Waals surface area contributed by atoms with E-state index in [0.717, 1.165) is 24.0 Å². The van der Waals surface area contributed by atoms with Crippen molar-refractivity contribution in [3.8, 4) is 0 Å². The van der Waals surface area contributed by atoms with Crippen molar-refractivity contribution in [2.45, 2.75) is 46.0 Å². The summed E-state index contributed by atoms with van der Waals surface area (Å²) >= 11 is 1.37. The molecule has 0 unspecified atom stereocenters. The van der Waals surface area contributed by atoms with Crippen molar-refractivity contribution in [3.63, 3.8) is 0 Å². The fourth-order valence-electron chi connectivity index (χ4n) is 4.06. The van der Waals surface area contributed by atoms with Gasteiger partial charge in [-0.15, -0.1) is 11.3 Å². The molecular formula is C25H32N2O4S. The molecule has 6 nitrogen and oxygen atoms in total. The lowest BCUT2D eigenvalue weighted by Gasteiger charge is -2.31. The fraction of sp³-hybridized carbons (Fsp3) is 0.480. The highest BCUT2D eigenvalue weighted by Crippen LogP contribution is 2.32. The van der Waals surface area contributed by atoms with Crippen LogP contribution in [0.4, 0.5) is 5.00 Å². The van der Waals surface area contributed by atoms with Gasteiger partial charge in [0.2, 0.25) is 11.8 Å². The molecule has 0 saturated carbocycles. The van der Waals surface area contributed by atoms with E-state index in [-0.39, 0.29) is 17.7 Å². The van der Waals surface area contributed by atoms with Gasteiger partial charge in [0.1, 0.15) is 5.00 Å². The van der Waals surface area contributed by atoms with Gasteiger partial charge in [-0.25, -0.2) is 4.79 Å². The molecule has 0 bridgehead atoms. The number of aryl methyl sites for hydroxylation is 1. The van der Waals surface area contributed by atoms with Gasteiger partial charge in [0.15, 0.2) is 0 Å². The number of hydrogen-bond donors (Lipinski definition) is 1. The van der Waals surface area contributed by atoms with Gasteiger partial charge in [-0.2, -0.15) is 0 Å². The van der Waals surface area contributed by atoms with E-state index in [2.05, 4.69) is 19.2 Å². The lowest BCUT2D eigenvalue weighted by Crippen LogP contribution is -2.41. The van der Waals surface area contributed by atoms with E-state index in [4.69, 9.17) is 4.74 Å². The third-order valence-electron chi connectivity index (χ3n) is 5.81. The lowest BCUT2D eigenvalue weighted by atomic mass is 9.95. The summed E-state index contributed by atoms with van der Waals surface area (Å²) in [4.78, 5) is 39.6. The Morgan fingerprint density at radius 2 is 1.84 bits per heavy atom. The van der Waals surface area contributed by atoms with Crippen molar-refractivity contribution < 1.29 is 19.1 Å². The van der Waals surface area contributed by atoms with E-state index in [9.17, 15) is 14.4 Å². The Morgan fingerprint density at radius 1 is 1.16 bits per heavy atom. The van der Waals surface area contributed by atoms with E-state index >= 15 is 0 Å². The second kappa shape index (κ2) is 11.3. The number of rotatable bonds is 8. The van der Waals surface area contributed by atoms with E-state index in [1.807, 2.05) is 40.6 Å². The second-order valence-corrected chi connectivity index (χ2v) is 9.56. The monoisotopic (exact) mass is 456 g/mol. The summed E-state index contributed by atoms with van der Waals surface area (Å²) in [5, 5.41) is 5.44. The molecule has 0 atom stereocenters. The molecule has 32 heavy (non-hydrogen) atoms. The minimum absolute atomic E-state index is 0.0931. The topological polar surface area (TPSA) is 75.7 Å². The highest BCUT2D eigenvalue weighted by atomic mass is 32.1. The molecule has 1 aliphatic rings. The van der Waals surface area contributed by atoms with Crippen molar-refractivity contribution in [2.75, 3.05) is 25.5 Å². The molecule has 0 spiro atoms. The van der Waals surface area contributed by atoms with Crippen LogP contribution in [0.25, 0.3) is 0 Å². The van der Waals surface area contributed by atoms with Gasteiger partial charge in [0.25, 0.3) is 0 Å². The van der Waals surface area contributed by atoms with Crippen LogP contribution in [0.3, 0.4) is 0 Å². The Kier molecular flexibility index (Phi) is 8.45. The highest BCUT2D eigenvalue weighted by molar-refractivity contribution is 7.15. The molecule has 2 amide bonds. The van der Waals surface area contributed by atoms with Gasteiger partial charge in [0, 0.05) is 25.4 Å². The number of thiophene rings is 1. The van der Waals surface area contributed by atoms with Crippen LogP contribution in [0, 0.1) is 11.8 Å². The number of anilines is 1. The second-order valence-electron chi connectivity index (χ2n) is 8.68.